The first-order valence-electron chi connectivity index (χ1n) is 9.01. The van der Waals surface area contributed by atoms with Crippen molar-refractivity contribution in [2.24, 2.45) is 0 Å². The van der Waals surface area contributed by atoms with Gasteiger partial charge in [0.15, 0.2) is 0 Å². The number of carbonyl (C=O) groups is 2. The maximum Gasteiger partial charge on any atom is 0.527 e. The van der Waals surface area contributed by atoms with Gasteiger partial charge in [0.2, 0.25) is 0 Å². The van der Waals surface area contributed by atoms with Crippen molar-refractivity contribution in [2.75, 3.05) is 13.7 Å². The van der Waals surface area contributed by atoms with Gasteiger partial charge in [-0.25, -0.2) is 0 Å². The van der Waals surface area contributed by atoms with Crippen molar-refractivity contribution in [3.05, 3.63) is 29.8 Å². The highest BCUT2D eigenvalue weighted by Crippen LogP contribution is 2.34. The van der Waals surface area contributed by atoms with Gasteiger partial charge in [-0.05, 0) is 46.8 Å². The minimum absolute atomic E-state index is 0.0195. The summed E-state index contributed by atoms with van der Waals surface area (Å²) in [6, 6.07) is 5.69. The Morgan fingerprint density at radius 1 is 1.11 bits per heavy atom. The Hall–Kier alpha value is -1.97. The molecule has 0 radical (unpaired) electrons. The van der Waals surface area contributed by atoms with Crippen molar-refractivity contribution in [2.45, 2.75) is 63.7 Å². The molecular weight excluding hydrogens is 386 g/mol. The van der Waals surface area contributed by atoms with Gasteiger partial charge in [0.1, 0.15) is 24.3 Å². The molecule has 1 saturated heterocycles. The van der Waals surface area contributed by atoms with Gasteiger partial charge in [-0.1, -0.05) is 17.7 Å². The summed E-state index contributed by atoms with van der Waals surface area (Å²) in [7, 11) is -2.86. The van der Waals surface area contributed by atoms with Gasteiger partial charge >= 0.3 is 12.2 Å². The number of rotatable bonds is 3. The van der Waals surface area contributed by atoms with Crippen LogP contribution < -0.4 is 0 Å². The number of aryl methyl sites for hydroxylation is 1. The zero-order valence-electron chi connectivity index (χ0n) is 17.1. The third-order valence-corrected chi connectivity index (χ3v) is 6.02. The number of likely N-dealkylation sites (tertiary alicyclic amines) is 1. The number of methoxy groups -OCH3 is 1. The summed E-state index contributed by atoms with van der Waals surface area (Å²) in [4.78, 5) is 25.4. The van der Waals surface area contributed by atoms with E-state index in [1.165, 1.54) is 19.2 Å². The molecule has 0 spiro atoms. The van der Waals surface area contributed by atoms with Crippen LogP contribution in [-0.4, -0.2) is 56.5 Å². The summed E-state index contributed by atoms with van der Waals surface area (Å²) in [5.41, 5.74) is 0.1000. The number of carbonyl (C=O) groups excluding carboxylic acids is 2. The van der Waals surface area contributed by atoms with Crippen molar-refractivity contribution >= 4 is 22.3 Å². The van der Waals surface area contributed by atoms with E-state index in [1.54, 1.807) is 39.8 Å². The van der Waals surface area contributed by atoms with Gasteiger partial charge in [0.05, 0.1) is 12.0 Å². The summed E-state index contributed by atoms with van der Waals surface area (Å²) in [5.74, 6) is 0. The van der Waals surface area contributed by atoms with Crippen molar-refractivity contribution in [1.29, 1.82) is 0 Å². The van der Waals surface area contributed by atoms with Gasteiger partial charge in [0.25, 0.3) is 10.1 Å². The fourth-order valence-electron chi connectivity index (χ4n) is 3.24. The Kier molecular flexibility index (Phi) is 6.22. The van der Waals surface area contributed by atoms with Crippen LogP contribution in [0.2, 0.25) is 0 Å². The van der Waals surface area contributed by atoms with Crippen LogP contribution in [0.4, 0.5) is 9.59 Å². The molecular formula is C19H28NO7S+. The highest BCUT2D eigenvalue weighted by atomic mass is 32.2. The summed E-state index contributed by atoms with van der Waals surface area (Å²) in [6.07, 6.45) is -2.28. The Morgan fingerprint density at radius 3 is 2.18 bits per heavy atom. The number of imide groups is 1. The van der Waals surface area contributed by atoms with E-state index < -0.39 is 44.5 Å². The second-order valence-corrected chi connectivity index (χ2v) is 9.64. The lowest BCUT2D eigenvalue weighted by molar-refractivity contribution is -0.798. The van der Waals surface area contributed by atoms with Gasteiger partial charge < -0.3 is 9.47 Å². The molecule has 0 unspecified atom stereocenters. The predicted octanol–water partition coefficient (Wildman–Crippen LogP) is 3.38. The fourth-order valence-corrected chi connectivity index (χ4v) is 4.31. The Bertz CT molecular complexity index is 842. The van der Waals surface area contributed by atoms with Gasteiger partial charge in [-0.3, -0.25) is 4.18 Å². The lowest BCUT2D eigenvalue weighted by Gasteiger charge is -2.32. The van der Waals surface area contributed by atoms with E-state index in [2.05, 4.69) is 0 Å². The average Bonchev–Trinajstić information content (AvgIpc) is 2.89. The van der Waals surface area contributed by atoms with Crippen molar-refractivity contribution in [3.8, 4) is 0 Å². The Balaban J connectivity index is 2.29. The van der Waals surface area contributed by atoms with Crippen LogP contribution in [0.25, 0.3) is 0 Å². The monoisotopic (exact) mass is 414 g/mol. The molecule has 1 aromatic rings. The molecule has 0 bridgehead atoms. The van der Waals surface area contributed by atoms with Crippen molar-refractivity contribution in [3.63, 3.8) is 0 Å². The van der Waals surface area contributed by atoms with Crippen LogP contribution in [0, 0.1) is 6.92 Å². The fraction of sp³-hybridized carbons (Fsp3) is 0.579. The smallest absolute Gasteiger partial charge is 0.423 e. The normalized spacial score (nSPS) is 25.4. The first kappa shape index (κ1) is 22.3. The topological polar surface area (TPSA) is 96.0 Å². The molecule has 28 heavy (non-hydrogen) atoms. The SMILES string of the molecule is COC(=O)[N@+]1(C(=O)OC(C)(C)C)C[C@@H](OS(=O)(=O)c2ccc(C)cc2)C[C@H]1C. The molecule has 2 rings (SSSR count). The molecule has 0 aliphatic carbocycles. The summed E-state index contributed by atoms with van der Waals surface area (Å²) in [5, 5.41) is 0. The second-order valence-electron chi connectivity index (χ2n) is 8.07. The minimum Gasteiger partial charge on any atom is -0.423 e. The molecule has 1 aromatic carbocycles. The number of quaternary nitrogens is 1. The minimum atomic E-state index is -4.04. The zero-order valence-corrected chi connectivity index (χ0v) is 17.9. The third-order valence-electron chi connectivity index (χ3n) is 4.64. The van der Waals surface area contributed by atoms with Crippen LogP contribution >= 0.6 is 0 Å². The number of ether oxygens (including phenoxy) is 2. The number of nitrogens with zero attached hydrogens (tertiary/aromatic N) is 1. The second kappa shape index (κ2) is 7.81. The van der Waals surface area contributed by atoms with Gasteiger partial charge in [-0.15, -0.1) is 4.48 Å². The van der Waals surface area contributed by atoms with Crippen LogP contribution in [0.15, 0.2) is 29.2 Å². The molecule has 1 aliphatic heterocycles. The molecule has 1 fully saturated rings. The van der Waals surface area contributed by atoms with E-state index in [0.717, 1.165) is 5.56 Å². The number of hydrogen-bond acceptors (Lipinski definition) is 7. The van der Waals surface area contributed by atoms with Crippen LogP contribution in [0.3, 0.4) is 0 Å². The molecule has 3 atom stereocenters. The standard InChI is InChI=1S/C19H28NO7S/c1-13-7-9-16(10-8-13)28(23,24)27-15-11-14(2)20(12-15,17(21)25-6)18(22)26-19(3,4)5/h7-10,14-15H,11-12H2,1-6H3/q+1/t14-,15+,20+/m1/s1. The van der Waals surface area contributed by atoms with Crippen LogP contribution in [-0.2, 0) is 23.8 Å². The average molecular weight is 415 g/mol. The molecule has 0 aromatic heterocycles. The third kappa shape index (κ3) is 4.53. The van der Waals surface area contributed by atoms with Crippen LogP contribution in [0.5, 0.6) is 0 Å². The first-order valence-corrected chi connectivity index (χ1v) is 10.4. The largest absolute Gasteiger partial charge is 0.527 e. The summed E-state index contributed by atoms with van der Waals surface area (Å²) in [6.45, 7) is 8.40. The zero-order chi connectivity index (χ0) is 21.3. The molecule has 0 saturated carbocycles. The van der Waals surface area contributed by atoms with Crippen molar-refractivity contribution < 1.29 is 36.1 Å². The van der Waals surface area contributed by atoms with Crippen LogP contribution in [0.1, 0.15) is 39.7 Å². The first-order chi connectivity index (χ1) is 12.8. The van der Waals surface area contributed by atoms with E-state index in [-0.39, 0.29) is 17.9 Å². The van der Waals surface area contributed by atoms with E-state index in [4.69, 9.17) is 13.7 Å². The van der Waals surface area contributed by atoms with E-state index in [9.17, 15) is 18.0 Å². The highest BCUT2D eigenvalue weighted by Gasteiger charge is 2.60. The molecule has 9 heteroatoms. The van der Waals surface area contributed by atoms with Gasteiger partial charge in [0, 0.05) is 6.42 Å². The number of hydrogen-bond donors (Lipinski definition) is 0. The molecule has 0 N–H and O–H groups in total. The molecule has 8 nitrogen and oxygen atoms in total. The highest BCUT2D eigenvalue weighted by molar-refractivity contribution is 7.86. The summed E-state index contributed by atoms with van der Waals surface area (Å²) >= 11 is 0. The van der Waals surface area contributed by atoms with Crippen molar-refractivity contribution in [1.82, 2.24) is 0 Å². The summed E-state index contributed by atoms with van der Waals surface area (Å²) < 4.78 is 40.0. The Morgan fingerprint density at radius 2 is 1.68 bits per heavy atom. The number of amides is 2. The van der Waals surface area contributed by atoms with E-state index in [0.29, 0.717) is 0 Å². The quantitative estimate of drug-likeness (QED) is 0.552. The maximum absolute atomic E-state index is 12.9. The molecule has 1 aliphatic rings. The molecule has 156 valence electrons. The number of benzene rings is 1. The molecule has 1 heterocycles. The lowest BCUT2D eigenvalue weighted by atomic mass is 10.2. The van der Waals surface area contributed by atoms with E-state index in [1.807, 2.05) is 6.92 Å². The predicted molar refractivity (Wildman–Crippen MR) is 101 cm³/mol. The van der Waals surface area contributed by atoms with E-state index >= 15 is 0 Å². The lowest BCUT2D eigenvalue weighted by Crippen LogP contribution is -2.60. The molecule has 2 amide bonds. The van der Waals surface area contributed by atoms with Gasteiger partial charge in [-0.2, -0.15) is 18.0 Å². The Labute approximate surface area is 166 Å². The maximum atomic E-state index is 12.9.